The lowest BCUT2D eigenvalue weighted by molar-refractivity contribution is 0.392. The summed E-state index contributed by atoms with van der Waals surface area (Å²) in [7, 11) is -3.92. The number of aromatic nitrogens is 1. The first-order valence-corrected chi connectivity index (χ1v) is 7.06. The minimum Gasteiger partial charge on any atom is -0.361 e. The zero-order valence-corrected chi connectivity index (χ0v) is 11.1. The Hall–Kier alpha value is -1.76. The minimum atomic E-state index is -3.92. The monoisotopic (exact) mass is 287 g/mol. The summed E-state index contributed by atoms with van der Waals surface area (Å²) in [5.41, 5.74) is 0.826. The van der Waals surface area contributed by atoms with Gasteiger partial charge in [0.05, 0.1) is 11.4 Å². The van der Waals surface area contributed by atoms with E-state index in [0.29, 0.717) is 23.1 Å². The fraction of sp³-hybridized carbons (Fsp3) is 0.250. The SMILES string of the molecule is Cc1noc(C)c1CS(=O)(=O)c1ccc(F)cc1F. The third-order valence-electron chi connectivity index (χ3n) is 2.74. The Kier molecular flexibility index (Phi) is 3.40. The highest BCUT2D eigenvalue weighted by molar-refractivity contribution is 7.90. The van der Waals surface area contributed by atoms with Gasteiger partial charge in [-0.15, -0.1) is 0 Å². The van der Waals surface area contributed by atoms with Crippen molar-refractivity contribution in [3.8, 4) is 0 Å². The third-order valence-corrected chi connectivity index (χ3v) is 4.41. The van der Waals surface area contributed by atoms with Crippen molar-refractivity contribution in [3.05, 3.63) is 46.9 Å². The van der Waals surface area contributed by atoms with Crippen LogP contribution >= 0.6 is 0 Å². The maximum Gasteiger partial charge on any atom is 0.185 e. The molecule has 0 aliphatic heterocycles. The summed E-state index contributed by atoms with van der Waals surface area (Å²) in [6.45, 7) is 3.17. The van der Waals surface area contributed by atoms with Crippen LogP contribution in [0.5, 0.6) is 0 Å². The Bertz CT molecular complexity index is 703. The standard InChI is InChI=1S/C12H11F2NO3S/c1-7-10(8(2)18-15-7)6-19(16,17)12-4-3-9(13)5-11(12)14/h3-5H,6H2,1-2H3. The Morgan fingerprint density at radius 2 is 1.95 bits per heavy atom. The highest BCUT2D eigenvalue weighted by atomic mass is 32.2. The fourth-order valence-electron chi connectivity index (χ4n) is 1.70. The highest BCUT2D eigenvalue weighted by Gasteiger charge is 2.23. The van der Waals surface area contributed by atoms with E-state index in [1.807, 2.05) is 0 Å². The van der Waals surface area contributed by atoms with E-state index in [4.69, 9.17) is 4.52 Å². The van der Waals surface area contributed by atoms with Crippen LogP contribution in [0.1, 0.15) is 17.0 Å². The zero-order valence-electron chi connectivity index (χ0n) is 10.3. The van der Waals surface area contributed by atoms with Crippen LogP contribution in [0.2, 0.25) is 0 Å². The number of hydrogen-bond donors (Lipinski definition) is 0. The molecule has 1 aromatic carbocycles. The molecule has 0 atom stereocenters. The quantitative estimate of drug-likeness (QED) is 0.814. The van der Waals surface area contributed by atoms with Gasteiger partial charge in [0.25, 0.3) is 0 Å². The van der Waals surface area contributed by atoms with Gasteiger partial charge in [-0.05, 0) is 26.0 Å². The van der Waals surface area contributed by atoms with Gasteiger partial charge in [-0.25, -0.2) is 17.2 Å². The zero-order chi connectivity index (χ0) is 14.2. The highest BCUT2D eigenvalue weighted by Crippen LogP contribution is 2.23. The molecule has 0 saturated carbocycles. The number of nitrogens with zero attached hydrogens (tertiary/aromatic N) is 1. The van der Waals surface area contributed by atoms with Gasteiger partial charge in [-0.2, -0.15) is 0 Å². The maximum atomic E-state index is 13.5. The van der Waals surface area contributed by atoms with Gasteiger partial charge in [-0.3, -0.25) is 0 Å². The van der Waals surface area contributed by atoms with Crippen molar-refractivity contribution in [2.75, 3.05) is 0 Å². The molecule has 1 heterocycles. The van der Waals surface area contributed by atoms with Gasteiger partial charge >= 0.3 is 0 Å². The molecule has 102 valence electrons. The molecule has 0 spiro atoms. The van der Waals surface area contributed by atoms with Crippen LogP contribution in [0.3, 0.4) is 0 Å². The summed E-state index contributed by atoms with van der Waals surface area (Å²) >= 11 is 0. The van der Waals surface area contributed by atoms with E-state index in [1.165, 1.54) is 0 Å². The third kappa shape index (κ3) is 2.65. The summed E-state index contributed by atoms with van der Waals surface area (Å²) in [6, 6.07) is 2.36. The molecular weight excluding hydrogens is 276 g/mol. The summed E-state index contributed by atoms with van der Waals surface area (Å²) in [5.74, 6) is -2.00. The van der Waals surface area contributed by atoms with Crippen LogP contribution in [0.25, 0.3) is 0 Å². The first kappa shape index (κ1) is 13.7. The normalized spacial score (nSPS) is 11.8. The van der Waals surface area contributed by atoms with E-state index in [1.54, 1.807) is 13.8 Å². The predicted molar refractivity (Wildman–Crippen MR) is 63.2 cm³/mol. The van der Waals surface area contributed by atoms with Crippen molar-refractivity contribution in [2.45, 2.75) is 24.5 Å². The van der Waals surface area contributed by atoms with Gasteiger partial charge in [0.1, 0.15) is 22.3 Å². The summed E-state index contributed by atoms with van der Waals surface area (Å²) in [6.07, 6.45) is 0. The van der Waals surface area contributed by atoms with Gasteiger partial charge in [-0.1, -0.05) is 5.16 Å². The molecule has 0 saturated heterocycles. The number of aryl methyl sites for hydroxylation is 2. The van der Waals surface area contributed by atoms with Gasteiger partial charge in [0.2, 0.25) is 0 Å². The van der Waals surface area contributed by atoms with Crippen molar-refractivity contribution >= 4 is 9.84 Å². The molecule has 0 unspecified atom stereocenters. The number of halogens is 2. The van der Waals surface area contributed by atoms with Crippen LogP contribution in [-0.4, -0.2) is 13.6 Å². The molecule has 2 aromatic rings. The van der Waals surface area contributed by atoms with Gasteiger partial charge < -0.3 is 4.52 Å². The predicted octanol–water partition coefficient (Wildman–Crippen LogP) is 2.54. The molecule has 19 heavy (non-hydrogen) atoms. The molecule has 0 radical (unpaired) electrons. The lowest BCUT2D eigenvalue weighted by Crippen LogP contribution is -2.08. The van der Waals surface area contributed by atoms with Crippen molar-refractivity contribution in [2.24, 2.45) is 0 Å². The summed E-state index contributed by atoms with van der Waals surface area (Å²) in [5, 5.41) is 3.64. The van der Waals surface area contributed by atoms with Crippen LogP contribution in [0.15, 0.2) is 27.6 Å². The lowest BCUT2D eigenvalue weighted by Gasteiger charge is -2.05. The second kappa shape index (κ2) is 4.73. The van der Waals surface area contributed by atoms with Crippen LogP contribution in [0, 0.1) is 25.5 Å². The largest absolute Gasteiger partial charge is 0.361 e. The van der Waals surface area contributed by atoms with E-state index in [-0.39, 0.29) is 0 Å². The number of sulfone groups is 1. The molecule has 0 aliphatic carbocycles. The molecule has 0 amide bonds. The van der Waals surface area contributed by atoms with Crippen molar-refractivity contribution < 1.29 is 21.7 Å². The summed E-state index contributed by atoms with van der Waals surface area (Å²) < 4.78 is 55.4. The fourth-order valence-corrected chi connectivity index (χ4v) is 3.28. The van der Waals surface area contributed by atoms with Gasteiger partial charge in [0, 0.05) is 11.6 Å². The van der Waals surface area contributed by atoms with E-state index in [9.17, 15) is 17.2 Å². The van der Waals surface area contributed by atoms with Crippen LogP contribution < -0.4 is 0 Å². The maximum absolute atomic E-state index is 13.5. The first-order chi connectivity index (χ1) is 8.81. The molecule has 4 nitrogen and oxygen atoms in total. The smallest absolute Gasteiger partial charge is 0.185 e. The molecular formula is C12H11F2NO3S. The van der Waals surface area contributed by atoms with E-state index >= 15 is 0 Å². The molecule has 0 N–H and O–H groups in total. The van der Waals surface area contributed by atoms with Crippen LogP contribution in [0.4, 0.5) is 8.78 Å². The summed E-state index contributed by atoms with van der Waals surface area (Å²) in [4.78, 5) is -0.533. The van der Waals surface area contributed by atoms with Crippen molar-refractivity contribution in [1.29, 1.82) is 0 Å². The molecule has 7 heteroatoms. The second-order valence-electron chi connectivity index (χ2n) is 4.14. The molecule has 0 aliphatic rings. The van der Waals surface area contributed by atoms with E-state index in [2.05, 4.69) is 5.16 Å². The molecule has 0 bridgehead atoms. The lowest BCUT2D eigenvalue weighted by atomic mass is 10.2. The topological polar surface area (TPSA) is 60.2 Å². The Balaban J connectivity index is 2.44. The first-order valence-electron chi connectivity index (χ1n) is 5.41. The second-order valence-corrected chi connectivity index (χ2v) is 6.09. The van der Waals surface area contributed by atoms with Crippen molar-refractivity contribution in [1.82, 2.24) is 5.16 Å². The minimum absolute atomic E-state index is 0.364. The van der Waals surface area contributed by atoms with Gasteiger partial charge in [0.15, 0.2) is 9.84 Å². The van der Waals surface area contributed by atoms with E-state index < -0.39 is 32.1 Å². The molecule has 0 fully saturated rings. The molecule has 2 rings (SSSR count). The number of benzene rings is 1. The van der Waals surface area contributed by atoms with Crippen molar-refractivity contribution in [3.63, 3.8) is 0 Å². The average molecular weight is 287 g/mol. The van der Waals surface area contributed by atoms with Crippen LogP contribution in [-0.2, 0) is 15.6 Å². The average Bonchev–Trinajstić information content (AvgIpc) is 2.60. The Morgan fingerprint density at radius 1 is 1.26 bits per heavy atom. The Morgan fingerprint density at radius 3 is 2.47 bits per heavy atom. The molecule has 1 aromatic heterocycles. The van der Waals surface area contributed by atoms with E-state index in [0.717, 1.165) is 12.1 Å². The Labute approximate surface area is 109 Å². The number of hydrogen-bond acceptors (Lipinski definition) is 4. The number of rotatable bonds is 3.